The van der Waals surface area contributed by atoms with E-state index in [0.29, 0.717) is 37.5 Å². The quantitative estimate of drug-likeness (QED) is 0.512. The Kier molecular flexibility index (Phi) is 4.28. The molecule has 0 saturated carbocycles. The number of carbonyl (C=O) groups is 1. The van der Waals surface area contributed by atoms with E-state index in [4.69, 9.17) is 27.6 Å². The van der Waals surface area contributed by atoms with Crippen LogP contribution in [-0.4, -0.2) is 15.9 Å². The summed E-state index contributed by atoms with van der Waals surface area (Å²) in [6, 6.07) is 9.91. The van der Waals surface area contributed by atoms with Crippen LogP contribution in [0.4, 0.5) is 5.13 Å². The summed E-state index contributed by atoms with van der Waals surface area (Å²) in [7, 11) is 0. The average Bonchev–Trinajstić information content (AvgIpc) is 3.21. The number of benzene rings is 2. The molecule has 0 fully saturated rings. The van der Waals surface area contributed by atoms with E-state index in [0.717, 1.165) is 5.56 Å². The maximum Gasteiger partial charge on any atom is 0.417 e. The number of aromatic nitrogens is 2. The van der Waals surface area contributed by atoms with Crippen molar-refractivity contribution < 1.29 is 9.21 Å². The van der Waals surface area contributed by atoms with Gasteiger partial charge >= 0.3 is 5.76 Å². The highest BCUT2D eigenvalue weighted by Crippen LogP contribution is 2.28. The molecule has 9 heteroatoms. The van der Waals surface area contributed by atoms with Crippen LogP contribution < -0.4 is 11.1 Å². The number of thiazole rings is 1. The van der Waals surface area contributed by atoms with Crippen LogP contribution in [-0.2, 0) is 0 Å². The highest BCUT2D eigenvalue weighted by molar-refractivity contribution is 7.14. The molecule has 2 N–H and O–H groups in total. The molecule has 0 saturated heterocycles. The van der Waals surface area contributed by atoms with Crippen LogP contribution in [0, 0.1) is 0 Å². The predicted octanol–water partition coefficient (Wildman–Crippen LogP) is 4.80. The second-order valence-electron chi connectivity index (χ2n) is 5.35. The van der Waals surface area contributed by atoms with Gasteiger partial charge in [0.25, 0.3) is 5.91 Å². The summed E-state index contributed by atoms with van der Waals surface area (Å²) in [5.41, 5.74) is 2.87. The van der Waals surface area contributed by atoms with Crippen molar-refractivity contribution >= 4 is 56.7 Å². The first kappa shape index (κ1) is 16.8. The molecule has 2 aromatic heterocycles. The number of hydrogen-bond donors (Lipinski definition) is 2. The number of hydrogen-bond acceptors (Lipinski definition) is 5. The summed E-state index contributed by atoms with van der Waals surface area (Å²) in [6.45, 7) is 0. The molecule has 2 aromatic carbocycles. The second kappa shape index (κ2) is 6.60. The number of carbonyl (C=O) groups excluding carboxylic acids is 1. The first-order valence-corrected chi connectivity index (χ1v) is 8.98. The molecule has 0 aliphatic carbocycles. The van der Waals surface area contributed by atoms with E-state index in [1.807, 2.05) is 6.07 Å². The molecule has 6 nitrogen and oxygen atoms in total. The Morgan fingerprint density at radius 3 is 2.81 bits per heavy atom. The van der Waals surface area contributed by atoms with Crippen LogP contribution in [0.3, 0.4) is 0 Å². The second-order valence-corrected chi connectivity index (χ2v) is 7.02. The molecule has 26 heavy (non-hydrogen) atoms. The lowest BCUT2D eigenvalue weighted by atomic mass is 10.1. The molecule has 0 aliphatic rings. The maximum atomic E-state index is 12.3. The smallest absolute Gasteiger partial charge is 0.408 e. The van der Waals surface area contributed by atoms with Crippen LogP contribution in [0.25, 0.3) is 22.4 Å². The third-order valence-electron chi connectivity index (χ3n) is 3.62. The number of nitrogens with zero attached hydrogens (tertiary/aromatic N) is 1. The topological polar surface area (TPSA) is 88.0 Å². The van der Waals surface area contributed by atoms with Gasteiger partial charge in [0.05, 0.1) is 21.3 Å². The zero-order chi connectivity index (χ0) is 18.3. The molecule has 4 aromatic rings. The predicted molar refractivity (Wildman–Crippen MR) is 102 cm³/mol. The monoisotopic (exact) mass is 405 g/mol. The van der Waals surface area contributed by atoms with Crippen molar-refractivity contribution in [3.63, 3.8) is 0 Å². The third kappa shape index (κ3) is 3.24. The zero-order valence-electron chi connectivity index (χ0n) is 12.9. The van der Waals surface area contributed by atoms with Gasteiger partial charge in [-0.1, -0.05) is 29.3 Å². The highest BCUT2D eigenvalue weighted by atomic mass is 35.5. The Morgan fingerprint density at radius 1 is 1.15 bits per heavy atom. The number of oxazole rings is 1. The molecule has 130 valence electrons. The highest BCUT2D eigenvalue weighted by Gasteiger charge is 2.12. The summed E-state index contributed by atoms with van der Waals surface area (Å²) < 4.78 is 5.05. The van der Waals surface area contributed by atoms with Gasteiger partial charge in [-0.2, -0.15) is 0 Å². The Hall–Kier alpha value is -2.61. The first-order chi connectivity index (χ1) is 12.5. The number of rotatable bonds is 3. The molecule has 0 radical (unpaired) electrons. The fourth-order valence-corrected chi connectivity index (χ4v) is 3.39. The molecule has 0 bridgehead atoms. The minimum Gasteiger partial charge on any atom is -0.408 e. The van der Waals surface area contributed by atoms with E-state index in [-0.39, 0.29) is 5.91 Å². The van der Waals surface area contributed by atoms with Gasteiger partial charge in [-0.3, -0.25) is 15.1 Å². The molecule has 2 heterocycles. The average molecular weight is 406 g/mol. The number of fused-ring (bicyclic) bond motifs is 1. The molecule has 0 unspecified atom stereocenters. The Bertz CT molecular complexity index is 1200. The van der Waals surface area contributed by atoms with Gasteiger partial charge in [0, 0.05) is 16.5 Å². The normalized spacial score (nSPS) is 11.0. The summed E-state index contributed by atoms with van der Waals surface area (Å²) in [4.78, 5) is 30.5. The van der Waals surface area contributed by atoms with Crippen molar-refractivity contribution in [2.75, 3.05) is 5.32 Å². The van der Waals surface area contributed by atoms with Gasteiger partial charge in [-0.05, 0) is 30.3 Å². The Balaban J connectivity index is 1.57. The van der Waals surface area contributed by atoms with Crippen molar-refractivity contribution in [2.45, 2.75) is 0 Å². The largest absolute Gasteiger partial charge is 0.417 e. The van der Waals surface area contributed by atoms with Gasteiger partial charge in [0.15, 0.2) is 10.7 Å². The summed E-state index contributed by atoms with van der Waals surface area (Å²) in [6.07, 6.45) is 0. The van der Waals surface area contributed by atoms with E-state index in [1.54, 1.807) is 29.6 Å². The molecular formula is C17H9Cl2N3O3S. The third-order valence-corrected chi connectivity index (χ3v) is 5.12. The van der Waals surface area contributed by atoms with Gasteiger partial charge in [-0.25, -0.2) is 9.78 Å². The van der Waals surface area contributed by atoms with E-state index in [1.165, 1.54) is 17.4 Å². The fraction of sp³-hybridized carbons (Fsp3) is 0. The van der Waals surface area contributed by atoms with E-state index >= 15 is 0 Å². The maximum absolute atomic E-state index is 12.3. The SMILES string of the molecule is O=C(Nc1nc(-c2ccc3[nH]c(=O)oc3c2)cs1)c1ccc(Cl)c(Cl)c1. The minimum absolute atomic E-state index is 0.306. The van der Waals surface area contributed by atoms with Gasteiger partial charge in [-0.15, -0.1) is 11.3 Å². The number of halogens is 2. The number of amides is 1. The molecule has 0 atom stereocenters. The lowest BCUT2D eigenvalue weighted by Gasteiger charge is -2.03. The Morgan fingerprint density at radius 2 is 2.00 bits per heavy atom. The lowest BCUT2D eigenvalue weighted by Crippen LogP contribution is -2.11. The lowest BCUT2D eigenvalue weighted by molar-refractivity contribution is 0.102. The number of nitrogens with one attached hydrogen (secondary N) is 2. The first-order valence-electron chi connectivity index (χ1n) is 7.35. The minimum atomic E-state index is -0.509. The van der Waals surface area contributed by atoms with Crippen molar-refractivity contribution in [1.82, 2.24) is 9.97 Å². The number of anilines is 1. The van der Waals surface area contributed by atoms with Crippen LogP contribution in [0.5, 0.6) is 0 Å². The summed E-state index contributed by atoms with van der Waals surface area (Å²) in [5, 5.41) is 5.65. The number of aromatic amines is 1. The fourth-order valence-electron chi connectivity index (χ4n) is 2.38. The molecular weight excluding hydrogens is 397 g/mol. The van der Waals surface area contributed by atoms with Crippen LogP contribution in [0.1, 0.15) is 10.4 Å². The number of H-pyrrole nitrogens is 1. The van der Waals surface area contributed by atoms with Crippen LogP contribution in [0.15, 0.2) is 51.0 Å². The van der Waals surface area contributed by atoms with Crippen LogP contribution >= 0.6 is 34.5 Å². The molecule has 0 spiro atoms. The Labute approximate surface area is 160 Å². The van der Waals surface area contributed by atoms with Crippen LogP contribution in [0.2, 0.25) is 10.0 Å². The summed E-state index contributed by atoms with van der Waals surface area (Å²) in [5.74, 6) is -0.846. The molecule has 1 amide bonds. The van der Waals surface area contributed by atoms with Crippen molar-refractivity contribution in [3.8, 4) is 11.3 Å². The van der Waals surface area contributed by atoms with Crippen molar-refractivity contribution in [2.24, 2.45) is 0 Å². The van der Waals surface area contributed by atoms with E-state index in [9.17, 15) is 9.59 Å². The van der Waals surface area contributed by atoms with Crippen molar-refractivity contribution in [1.29, 1.82) is 0 Å². The summed E-state index contributed by atoms with van der Waals surface area (Å²) >= 11 is 13.1. The van der Waals surface area contributed by atoms with E-state index in [2.05, 4.69) is 15.3 Å². The standard InChI is InChI=1S/C17H9Cl2N3O3S/c18-10-3-1-9(5-11(10)19)15(23)22-16-20-13(7-26-16)8-2-4-12-14(6-8)25-17(24)21-12/h1-7H,(H,21,24)(H,20,22,23). The van der Waals surface area contributed by atoms with Gasteiger partial charge in [0.1, 0.15) is 0 Å². The van der Waals surface area contributed by atoms with Gasteiger partial charge in [0.2, 0.25) is 0 Å². The van der Waals surface area contributed by atoms with Crippen molar-refractivity contribution in [3.05, 3.63) is 67.9 Å². The van der Waals surface area contributed by atoms with E-state index < -0.39 is 5.76 Å². The molecule has 4 rings (SSSR count). The molecule has 0 aliphatic heterocycles. The van der Waals surface area contributed by atoms with Gasteiger partial charge < -0.3 is 4.42 Å². The zero-order valence-corrected chi connectivity index (χ0v) is 15.2.